The first-order valence-electron chi connectivity index (χ1n) is 4.70. The zero-order chi connectivity index (χ0) is 11.3. The summed E-state index contributed by atoms with van der Waals surface area (Å²) in [5.41, 5.74) is 0. The highest BCUT2D eigenvalue weighted by molar-refractivity contribution is 5.66. The average Bonchev–Trinajstić information content (AvgIpc) is 2.15. The molecule has 0 unspecified atom stereocenters. The molecule has 5 heteroatoms. The number of rotatable bonds is 3. The summed E-state index contributed by atoms with van der Waals surface area (Å²) in [6.45, 7) is 2.75. The zero-order valence-corrected chi connectivity index (χ0v) is 8.76. The van der Waals surface area contributed by atoms with Crippen LogP contribution in [0.25, 0.3) is 0 Å². The van der Waals surface area contributed by atoms with Crippen LogP contribution < -0.4 is 0 Å². The standard InChI is InChI=1S/C10H14O5/c1-7(11)14-6-10-9(15-8(2)12)4-3-5-13-10/h3,5,9-10H,4,6H2,1-2H3/t9-,10-/m1/s1. The third-order valence-corrected chi connectivity index (χ3v) is 1.90. The summed E-state index contributed by atoms with van der Waals surface area (Å²) in [5, 5.41) is 0. The maximum Gasteiger partial charge on any atom is 0.303 e. The molecule has 0 spiro atoms. The Bertz CT molecular complexity index is 271. The predicted molar refractivity (Wildman–Crippen MR) is 50.8 cm³/mol. The highest BCUT2D eigenvalue weighted by Crippen LogP contribution is 2.15. The fourth-order valence-electron chi connectivity index (χ4n) is 1.27. The first kappa shape index (κ1) is 11.6. The van der Waals surface area contributed by atoms with Crippen molar-refractivity contribution in [3.63, 3.8) is 0 Å². The monoisotopic (exact) mass is 214 g/mol. The minimum Gasteiger partial charge on any atom is -0.491 e. The molecule has 0 fully saturated rings. The van der Waals surface area contributed by atoms with Crippen molar-refractivity contribution in [3.05, 3.63) is 12.3 Å². The third-order valence-electron chi connectivity index (χ3n) is 1.90. The molecule has 0 radical (unpaired) electrons. The molecule has 0 N–H and O–H groups in total. The quantitative estimate of drug-likeness (QED) is 0.650. The van der Waals surface area contributed by atoms with E-state index in [1.54, 1.807) is 6.08 Å². The van der Waals surface area contributed by atoms with Gasteiger partial charge in [0.2, 0.25) is 0 Å². The van der Waals surface area contributed by atoms with Gasteiger partial charge >= 0.3 is 11.9 Å². The van der Waals surface area contributed by atoms with Crippen LogP contribution in [0.2, 0.25) is 0 Å². The number of carbonyl (C=O) groups excluding carboxylic acids is 2. The molecule has 0 saturated carbocycles. The van der Waals surface area contributed by atoms with E-state index in [9.17, 15) is 9.59 Å². The van der Waals surface area contributed by atoms with Crippen LogP contribution in [0.3, 0.4) is 0 Å². The normalized spacial score (nSPS) is 24.1. The lowest BCUT2D eigenvalue weighted by Crippen LogP contribution is -2.37. The van der Waals surface area contributed by atoms with Crippen molar-refractivity contribution in [3.8, 4) is 0 Å². The maximum atomic E-state index is 10.8. The van der Waals surface area contributed by atoms with Gasteiger partial charge in [-0.3, -0.25) is 9.59 Å². The minimum absolute atomic E-state index is 0.0949. The Hall–Kier alpha value is -1.52. The Kier molecular flexibility index (Phi) is 4.15. The van der Waals surface area contributed by atoms with Gasteiger partial charge in [0, 0.05) is 20.3 Å². The van der Waals surface area contributed by atoms with Crippen molar-refractivity contribution >= 4 is 11.9 Å². The summed E-state index contributed by atoms with van der Waals surface area (Å²) in [5.74, 6) is -0.749. The Morgan fingerprint density at radius 3 is 2.73 bits per heavy atom. The van der Waals surface area contributed by atoms with E-state index in [0.29, 0.717) is 6.42 Å². The molecule has 2 atom stereocenters. The van der Waals surface area contributed by atoms with Crippen molar-refractivity contribution in [2.75, 3.05) is 6.61 Å². The van der Waals surface area contributed by atoms with Crippen LogP contribution in [0.4, 0.5) is 0 Å². The number of esters is 2. The average molecular weight is 214 g/mol. The summed E-state index contributed by atoms with van der Waals surface area (Å²) < 4.78 is 15.0. The first-order valence-corrected chi connectivity index (χ1v) is 4.70. The topological polar surface area (TPSA) is 61.8 Å². The van der Waals surface area contributed by atoms with Crippen LogP contribution in [0, 0.1) is 0 Å². The van der Waals surface area contributed by atoms with Gasteiger partial charge in [0.05, 0.1) is 6.26 Å². The highest BCUT2D eigenvalue weighted by Gasteiger charge is 2.27. The molecule has 0 saturated heterocycles. The molecule has 0 aromatic heterocycles. The van der Waals surface area contributed by atoms with Gasteiger partial charge in [0.25, 0.3) is 0 Å². The molecule has 0 aromatic carbocycles. The molecular formula is C10H14O5. The predicted octanol–water partition coefficient (Wildman–Crippen LogP) is 0.784. The van der Waals surface area contributed by atoms with Gasteiger partial charge in [0.1, 0.15) is 12.7 Å². The molecule has 0 bridgehead atoms. The molecule has 0 aliphatic carbocycles. The molecule has 84 valence electrons. The van der Waals surface area contributed by atoms with Gasteiger partial charge in [0.15, 0.2) is 6.10 Å². The van der Waals surface area contributed by atoms with Crippen molar-refractivity contribution in [1.82, 2.24) is 0 Å². The third kappa shape index (κ3) is 4.01. The minimum atomic E-state index is -0.414. The lowest BCUT2D eigenvalue weighted by atomic mass is 10.1. The molecule has 1 aliphatic heterocycles. The van der Waals surface area contributed by atoms with Gasteiger partial charge < -0.3 is 14.2 Å². The summed E-state index contributed by atoms with van der Waals surface area (Å²) in [6, 6.07) is 0. The molecule has 0 amide bonds. The van der Waals surface area contributed by atoms with Crippen LogP contribution in [0.1, 0.15) is 20.3 Å². The lowest BCUT2D eigenvalue weighted by Gasteiger charge is -2.27. The summed E-state index contributed by atoms with van der Waals surface area (Å²) >= 11 is 0. The van der Waals surface area contributed by atoms with Gasteiger partial charge in [-0.1, -0.05) is 0 Å². The molecule has 15 heavy (non-hydrogen) atoms. The second-order valence-corrected chi connectivity index (χ2v) is 3.23. The van der Waals surface area contributed by atoms with Crippen LogP contribution in [0.5, 0.6) is 0 Å². The van der Waals surface area contributed by atoms with E-state index < -0.39 is 6.10 Å². The van der Waals surface area contributed by atoms with Gasteiger partial charge in [-0.25, -0.2) is 0 Å². The summed E-state index contributed by atoms with van der Waals surface area (Å²) in [4.78, 5) is 21.4. The van der Waals surface area contributed by atoms with E-state index in [1.165, 1.54) is 20.1 Å². The number of hydrogen-bond acceptors (Lipinski definition) is 5. The zero-order valence-electron chi connectivity index (χ0n) is 8.76. The van der Waals surface area contributed by atoms with Gasteiger partial charge in [-0.15, -0.1) is 0 Å². The summed E-state index contributed by atoms with van der Waals surface area (Å²) in [6.07, 6.45) is 3.06. The Labute approximate surface area is 88.0 Å². The fourth-order valence-corrected chi connectivity index (χ4v) is 1.27. The Morgan fingerprint density at radius 1 is 1.40 bits per heavy atom. The van der Waals surface area contributed by atoms with Crippen molar-refractivity contribution in [1.29, 1.82) is 0 Å². The fraction of sp³-hybridized carbons (Fsp3) is 0.600. The number of ether oxygens (including phenoxy) is 3. The molecule has 1 rings (SSSR count). The molecule has 1 heterocycles. The van der Waals surface area contributed by atoms with Crippen LogP contribution in [0.15, 0.2) is 12.3 Å². The van der Waals surface area contributed by atoms with Gasteiger partial charge in [-0.2, -0.15) is 0 Å². The van der Waals surface area contributed by atoms with E-state index in [0.717, 1.165) is 0 Å². The molecular weight excluding hydrogens is 200 g/mol. The van der Waals surface area contributed by atoms with E-state index in [1.807, 2.05) is 0 Å². The van der Waals surface area contributed by atoms with Crippen LogP contribution in [-0.2, 0) is 23.8 Å². The second kappa shape index (κ2) is 5.38. The Morgan fingerprint density at radius 2 is 2.13 bits per heavy atom. The molecule has 1 aliphatic rings. The van der Waals surface area contributed by atoms with Crippen molar-refractivity contribution in [2.24, 2.45) is 0 Å². The SMILES string of the molecule is CC(=O)OC[C@H]1OC=CC[C@H]1OC(C)=O. The largest absolute Gasteiger partial charge is 0.491 e. The summed E-state index contributed by atoms with van der Waals surface area (Å²) in [7, 11) is 0. The first-order chi connectivity index (χ1) is 7.09. The smallest absolute Gasteiger partial charge is 0.303 e. The van der Waals surface area contributed by atoms with Gasteiger partial charge in [-0.05, 0) is 6.08 Å². The van der Waals surface area contributed by atoms with Crippen LogP contribution in [-0.4, -0.2) is 30.8 Å². The second-order valence-electron chi connectivity index (χ2n) is 3.23. The van der Waals surface area contributed by atoms with E-state index in [2.05, 4.69) is 0 Å². The van der Waals surface area contributed by atoms with E-state index in [4.69, 9.17) is 14.2 Å². The van der Waals surface area contributed by atoms with Crippen LogP contribution >= 0.6 is 0 Å². The van der Waals surface area contributed by atoms with Crippen molar-refractivity contribution in [2.45, 2.75) is 32.5 Å². The maximum absolute atomic E-state index is 10.8. The Balaban J connectivity index is 2.47. The number of hydrogen-bond donors (Lipinski definition) is 0. The molecule has 5 nitrogen and oxygen atoms in total. The number of carbonyl (C=O) groups is 2. The van der Waals surface area contributed by atoms with Crippen molar-refractivity contribution < 1.29 is 23.8 Å². The lowest BCUT2D eigenvalue weighted by molar-refractivity contribution is -0.159. The highest BCUT2D eigenvalue weighted by atomic mass is 16.6. The molecule has 0 aromatic rings. The van der Waals surface area contributed by atoms with E-state index in [-0.39, 0.29) is 24.6 Å². The van der Waals surface area contributed by atoms with E-state index >= 15 is 0 Å².